The first-order valence-corrected chi connectivity index (χ1v) is 5.32. The van der Waals surface area contributed by atoms with E-state index >= 15 is 0 Å². The standard InChI is InChI=1S/C11H14ClNO3/c1-8(13-16-7-6-11(14)15)9-2-4-10(12)5-3-9/h2-5,8,13H,6-7H2,1H3,(H,14,15). The van der Waals surface area contributed by atoms with Gasteiger partial charge in [0.1, 0.15) is 0 Å². The molecule has 0 radical (unpaired) electrons. The second-order valence-corrected chi connectivity index (χ2v) is 3.82. The topological polar surface area (TPSA) is 58.6 Å². The molecule has 0 saturated heterocycles. The van der Waals surface area contributed by atoms with E-state index in [2.05, 4.69) is 5.48 Å². The molecule has 88 valence electrons. The van der Waals surface area contributed by atoms with Gasteiger partial charge in [-0.15, -0.1) is 0 Å². The van der Waals surface area contributed by atoms with E-state index in [1.165, 1.54) is 0 Å². The quantitative estimate of drug-likeness (QED) is 0.595. The Bertz CT molecular complexity index is 340. The van der Waals surface area contributed by atoms with Crippen molar-refractivity contribution in [2.45, 2.75) is 19.4 Å². The number of halogens is 1. The van der Waals surface area contributed by atoms with E-state index in [4.69, 9.17) is 21.5 Å². The zero-order valence-electron chi connectivity index (χ0n) is 8.94. The van der Waals surface area contributed by atoms with Crippen LogP contribution in [-0.2, 0) is 9.63 Å². The largest absolute Gasteiger partial charge is 0.481 e. The third-order valence-electron chi connectivity index (χ3n) is 2.05. The zero-order valence-corrected chi connectivity index (χ0v) is 9.70. The van der Waals surface area contributed by atoms with Crippen LogP contribution in [0.1, 0.15) is 24.9 Å². The summed E-state index contributed by atoms with van der Waals surface area (Å²) in [6, 6.07) is 7.37. The van der Waals surface area contributed by atoms with Crippen molar-refractivity contribution in [1.82, 2.24) is 5.48 Å². The number of hydrogen-bond acceptors (Lipinski definition) is 3. The lowest BCUT2D eigenvalue weighted by molar-refractivity contribution is -0.139. The van der Waals surface area contributed by atoms with Crippen molar-refractivity contribution >= 4 is 17.6 Å². The fourth-order valence-electron chi connectivity index (χ4n) is 1.14. The normalized spacial score (nSPS) is 12.4. The van der Waals surface area contributed by atoms with Crippen LogP contribution in [0.4, 0.5) is 0 Å². The molecule has 1 aromatic carbocycles. The molecule has 0 heterocycles. The Morgan fingerprint density at radius 2 is 2.12 bits per heavy atom. The molecule has 1 unspecified atom stereocenters. The summed E-state index contributed by atoms with van der Waals surface area (Å²) in [5, 5.41) is 9.09. The number of hydrogen-bond donors (Lipinski definition) is 2. The summed E-state index contributed by atoms with van der Waals surface area (Å²) in [5.41, 5.74) is 3.79. The zero-order chi connectivity index (χ0) is 12.0. The number of carboxylic acids is 1. The lowest BCUT2D eigenvalue weighted by Gasteiger charge is -2.13. The number of rotatable bonds is 6. The van der Waals surface area contributed by atoms with Crippen LogP contribution in [0.25, 0.3) is 0 Å². The highest BCUT2D eigenvalue weighted by Gasteiger charge is 2.05. The molecule has 0 bridgehead atoms. The van der Waals surface area contributed by atoms with Crippen LogP contribution in [0.15, 0.2) is 24.3 Å². The number of hydroxylamine groups is 1. The first kappa shape index (κ1) is 13.0. The van der Waals surface area contributed by atoms with Crippen molar-refractivity contribution in [3.05, 3.63) is 34.9 Å². The number of carboxylic acid groups (broad SMARTS) is 1. The molecule has 0 aliphatic carbocycles. The highest BCUT2D eigenvalue weighted by Crippen LogP contribution is 2.15. The molecule has 0 aromatic heterocycles. The van der Waals surface area contributed by atoms with Crippen molar-refractivity contribution in [2.75, 3.05) is 6.61 Å². The maximum Gasteiger partial charge on any atom is 0.305 e. The number of carbonyl (C=O) groups is 1. The molecular weight excluding hydrogens is 230 g/mol. The summed E-state index contributed by atoms with van der Waals surface area (Å²) in [4.78, 5) is 15.3. The summed E-state index contributed by atoms with van der Waals surface area (Å²) >= 11 is 5.76. The van der Waals surface area contributed by atoms with Gasteiger partial charge >= 0.3 is 5.97 Å². The highest BCUT2D eigenvalue weighted by molar-refractivity contribution is 6.30. The molecule has 1 rings (SSSR count). The number of aliphatic carboxylic acids is 1. The van der Waals surface area contributed by atoms with Crippen LogP contribution < -0.4 is 5.48 Å². The lowest BCUT2D eigenvalue weighted by Crippen LogP contribution is -2.20. The Hall–Kier alpha value is -1.10. The molecule has 0 saturated carbocycles. The van der Waals surface area contributed by atoms with E-state index in [-0.39, 0.29) is 19.1 Å². The molecule has 0 aliphatic heterocycles. The molecule has 1 atom stereocenters. The maximum absolute atomic E-state index is 10.2. The van der Waals surface area contributed by atoms with E-state index in [9.17, 15) is 4.79 Å². The van der Waals surface area contributed by atoms with Gasteiger partial charge in [-0.2, -0.15) is 5.48 Å². The molecule has 4 nitrogen and oxygen atoms in total. The maximum atomic E-state index is 10.2. The van der Waals surface area contributed by atoms with Gasteiger partial charge < -0.3 is 9.94 Å². The molecular formula is C11H14ClNO3. The molecule has 1 aromatic rings. The summed E-state index contributed by atoms with van der Waals surface area (Å²) in [5.74, 6) is -0.874. The summed E-state index contributed by atoms with van der Waals surface area (Å²) in [6.45, 7) is 2.07. The van der Waals surface area contributed by atoms with Crippen LogP contribution >= 0.6 is 11.6 Å². The predicted molar refractivity (Wildman–Crippen MR) is 61.2 cm³/mol. The Balaban J connectivity index is 2.32. The van der Waals surface area contributed by atoms with E-state index < -0.39 is 5.97 Å². The van der Waals surface area contributed by atoms with Gasteiger partial charge in [0.2, 0.25) is 0 Å². The Kier molecular flexibility index (Phi) is 5.25. The molecule has 0 aliphatic rings. The van der Waals surface area contributed by atoms with Gasteiger partial charge in [-0.25, -0.2) is 0 Å². The summed E-state index contributed by atoms with van der Waals surface area (Å²) in [6.07, 6.45) is -0.0136. The minimum atomic E-state index is -0.874. The van der Waals surface area contributed by atoms with Crippen molar-refractivity contribution in [2.24, 2.45) is 0 Å². The van der Waals surface area contributed by atoms with Crippen LogP contribution in [0.5, 0.6) is 0 Å². The Morgan fingerprint density at radius 3 is 2.69 bits per heavy atom. The average molecular weight is 244 g/mol. The van der Waals surface area contributed by atoms with Gasteiger partial charge in [-0.05, 0) is 24.6 Å². The third kappa shape index (κ3) is 4.61. The van der Waals surface area contributed by atoms with Gasteiger partial charge in [-0.1, -0.05) is 23.7 Å². The SMILES string of the molecule is CC(NOCCC(=O)O)c1ccc(Cl)cc1. The highest BCUT2D eigenvalue weighted by atomic mass is 35.5. The van der Waals surface area contributed by atoms with Crippen molar-refractivity contribution < 1.29 is 14.7 Å². The molecule has 16 heavy (non-hydrogen) atoms. The molecule has 2 N–H and O–H groups in total. The van der Waals surface area contributed by atoms with Gasteiger partial charge in [0.05, 0.1) is 19.1 Å². The third-order valence-corrected chi connectivity index (χ3v) is 2.30. The molecule has 0 spiro atoms. The van der Waals surface area contributed by atoms with Crippen molar-refractivity contribution in [1.29, 1.82) is 0 Å². The Labute approximate surface area is 99.1 Å². The van der Waals surface area contributed by atoms with Crippen LogP contribution in [0, 0.1) is 0 Å². The van der Waals surface area contributed by atoms with Gasteiger partial charge in [0, 0.05) is 5.02 Å². The van der Waals surface area contributed by atoms with E-state index in [1.807, 2.05) is 19.1 Å². The molecule has 5 heteroatoms. The van der Waals surface area contributed by atoms with Gasteiger partial charge in [0.15, 0.2) is 0 Å². The van der Waals surface area contributed by atoms with Crippen molar-refractivity contribution in [3.8, 4) is 0 Å². The average Bonchev–Trinajstić information content (AvgIpc) is 2.25. The number of benzene rings is 1. The van der Waals surface area contributed by atoms with Gasteiger partial charge in [0.25, 0.3) is 0 Å². The fourth-order valence-corrected chi connectivity index (χ4v) is 1.27. The van der Waals surface area contributed by atoms with Crippen LogP contribution in [0.2, 0.25) is 5.02 Å². The van der Waals surface area contributed by atoms with E-state index in [0.717, 1.165) is 5.56 Å². The Morgan fingerprint density at radius 1 is 1.50 bits per heavy atom. The van der Waals surface area contributed by atoms with E-state index in [0.29, 0.717) is 5.02 Å². The van der Waals surface area contributed by atoms with Crippen LogP contribution in [-0.4, -0.2) is 17.7 Å². The van der Waals surface area contributed by atoms with E-state index in [1.54, 1.807) is 12.1 Å². The smallest absolute Gasteiger partial charge is 0.305 e. The lowest BCUT2D eigenvalue weighted by atomic mass is 10.1. The number of nitrogens with one attached hydrogen (secondary N) is 1. The molecule has 0 fully saturated rings. The molecule has 0 amide bonds. The summed E-state index contributed by atoms with van der Waals surface area (Å²) in [7, 11) is 0. The fraction of sp³-hybridized carbons (Fsp3) is 0.364. The predicted octanol–water partition coefficient (Wildman–Crippen LogP) is 2.40. The minimum absolute atomic E-state index is 0.00828. The first-order chi connectivity index (χ1) is 7.59. The minimum Gasteiger partial charge on any atom is -0.481 e. The van der Waals surface area contributed by atoms with Crippen LogP contribution in [0.3, 0.4) is 0 Å². The summed E-state index contributed by atoms with van der Waals surface area (Å²) < 4.78 is 0. The van der Waals surface area contributed by atoms with Gasteiger partial charge in [-0.3, -0.25) is 4.79 Å². The second kappa shape index (κ2) is 6.48. The second-order valence-electron chi connectivity index (χ2n) is 3.38. The monoisotopic (exact) mass is 243 g/mol. The first-order valence-electron chi connectivity index (χ1n) is 4.94. The van der Waals surface area contributed by atoms with Crippen molar-refractivity contribution in [3.63, 3.8) is 0 Å².